The summed E-state index contributed by atoms with van der Waals surface area (Å²) in [7, 11) is 0. The van der Waals surface area contributed by atoms with Crippen molar-refractivity contribution in [3.63, 3.8) is 0 Å². The predicted molar refractivity (Wildman–Crippen MR) is 86.3 cm³/mol. The van der Waals surface area contributed by atoms with Gasteiger partial charge in [0.25, 0.3) is 0 Å². The van der Waals surface area contributed by atoms with Gasteiger partial charge in [-0.3, -0.25) is 4.79 Å². The Morgan fingerprint density at radius 1 is 1.41 bits per heavy atom. The summed E-state index contributed by atoms with van der Waals surface area (Å²) in [6.07, 6.45) is 2.84. The quantitative estimate of drug-likeness (QED) is 0.874. The van der Waals surface area contributed by atoms with E-state index < -0.39 is 11.7 Å². The Hall–Kier alpha value is -2.02. The molecule has 1 aliphatic heterocycles. The summed E-state index contributed by atoms with van der Waals surface area (Å²) < 4.78 is 6.76. The molecule has 1 aliphatic rings. The van der Waals surface area contributed by atoms with E-state index in [-0.39, 0.29) is 11.2 Å². The van der Waals surface area contributed by atoms with Gasteiger partial charge in [-0.15, -0.1) is 11.8 Å². The highest BCUT2D eigenvalue weighted by Crippen LogP contribution is 2.42. The lowest BCUT2D eigenvalue weighted by molar-refractivity contribution is -0.115. The Labute approximate surface area is 132 Å². The number of nitrogens with one attached hydrogen (secondary N) is 1. The molecule has 1 atom stereocenters. The van der Waals surface area contributed by atoms with Gasteiger partial charge in [-0.1, -0.05) is 0 Å². The second-order valence-corrected chi connectivity index (χ2v) is 7.04. The molecule has 1 unspecified atom stereocenters. The summed E-state index contributed by atoms with van der Waals surface area (Å²) in [5, 5.41) is 2.54. The van der Waals surface area contributed by atoms with Crippen molar-refractivity contribution in [1.82, 2.24) is 9.55 Å². The minimum Gasteiger partial charge on any atom is -0.443 e. The summed E-state index contributed by atoms with van der Waals surface area (Å²) >= 11 is 1.45. The molecule has 1 aromatic heterocycles. The van der Waals surface area contributed by atoms with Crippen LogP contribution in [-0.4, -0.2) is 33.4 Å². The van der Waals surface area contributed by atoms with E-state index in [1.165, 1.54) is 22.7 Å². The maximum Gasteiger partial charge on any atom is 0.420 e. The number of benzene rings is 1. The largest absolute Gasteiger partial charge is 0.443 e. The van der Waals surface area contributed by atoms with E-state index in [4.69, 9.17) is 4.74 Å². The summed E-state index contributed by atoms with van der Waals surface area (Å²) in [6.45, 7) is 5.44. The number of thioether (sulfide) groups is 1. The van der Waals surface area contributed by atoms with Gasteiger partial charge in [-0.25, -0.2) is 14.3 Å². The third-order valence-electron chi connectivity index (χ3n) is 3.34. The van der Waals surface area contributed by atoms with E-state index in [1.54, 1.807) is 12.1 Å². The van der Waals surface area contributed by atoms with Crippen molar-refractivity contribution in [3.05, 3.63) is 24.0 Å². The molecule has 3 rings (SSSR count). The number of rotatable bonds is 1. The van der Waals surface area contributed by atoms with Gasteiger partial charge in [-0.2, -0.15) is 0 Å². The van der Waals surface area contributed by atoms with Crippen molar-refractivity contribution in [2.75, 3.05) is 11.6 Å². The number of ether oxygens (including phenoxy) is 1. The molecule has 0 spiro atoms. The average Bonchev–Trinajstić information content (AvgIpc) is 2.95. The van der Waals surface area contributed by atoms with Gasteiger partial charge in [0.15, 0.2) is 0 Å². The zero-order valence-electron chi connectivity index (χ0n) is 12.8. The molecular formula is C15H17N3O3S. The predicted octanol–water partition coefficient (Wildman–Crippen LogP) is 3.18. The van der Waals surface area contributed by atoms with Gasteiger partial charge in [0.1, 0.15) is 17.2 Å². The summed E-state index contributed by atoms with van der Waals surface area (Å²) in [6, 6.07) is 3.57. The SMILES string of the molecule is CSC1C(=O)Nc2ccc3c(ncn3C(=O)OC(C)(C)C)c21. The smallest absolute Gasteiger partial charge is 0.420 e. The first kappa shape index (κ1) is 14.9. The van der Waals surface area contributed by atoms with E-state index in [0.717, 1.165) is 11.3 Å². The minimum absolute atomic E-state index is 0.0539. The van der Waals surface area contributed by atoms with Crippen molar-refractivity contribution in [2.45, 2.75) is 31.6 Å². The number of hydrogen-bond donors (Lipinski definition) is 1. The molecule has 1 N–H and O–H groups in total. The molecule has 1 amide bonds. The summed E-state index contributed by atoms with van der Waals surface area (Å²) in [4.78, 5) is 28.6. The number of carbonyl (C=O) groups excluding carboxylic acids is 2. The zero-order valence-corrected chi connectivity index (χ0v) is 13.7. The van der Waals surface area contributed by atoms with Gasteiger partial charge in [0, 0.05) is 11.3 Å². The lowest BCUT2D eigenvalue weighted by Gasteiger charge is -2.19. The lowest BCUT2D eigenvalue weighted by Crippen LogP contribution is -2.26. The number of amides is 1. The number of imidazole rings is 1. The number of fused-ring (bicyclic) bond motifs is 3. The van der Waals surface area contributed by atoms with Crippen LogP contribution in [0.2, 0.25) is 0 Å². The first-order chi connectivity index (χ1) is 10.3. The number of aromatic nitrogens is 2. The van der Waals surface area contributed by atoms with E-state index in [1.807, 2.05) is 27.0 Å². The van der Waals surface area contributed by atoms with E-state index >= 15 is 0 Å². The highest BCUT2D eigenvalue weighted by Gasteiger charge is 2.33. The molecule has 0 fully saturated rings. The highest BCUT2D eigenvalue weighted by atomic mass is 32.2. The molecule has 6 nitrogen and oxygen atoms in total. The third kappa shape index (κ3) is 2.35. The Morgan fingerprint density at radius 3 is 2.77 bits per heavy atom. The molecular weight excluding hydrogens is 302 g/mol. The Morgan fingerprint density at radius 2 is 2.14 bits per heavy atom. The standard InChI is InChI=1S/C15H17N3O3S/c1-15(2,3)21-14(20)18-7-16-11-9(18)6-5-8-10(11)12(22-4)13(19)17-8/h5-7,12H,1-4H3,(H,17,19). The van der Waals surface area contributed by atoms with Crippen LogP contribution >= 0.6 is 11.8 Å². The average molecular weight is 319 g/mol. The van der Waals surface area contributed by atoms with Crippen LogP contribution in [0, 0.1) is 0 Å². The van der Waals surface area contributed by atoms with Gasteiger partial charge in [0.2, 0.25) is 5.91 Å². The first-order valence-corrected chi connectivity index (χ1v) is 8.17. The summed E-state index contributed by atoms with van der Waals surface area (Å²) in [5.74, 6) is -0.0539. The van der Waals surface area contributed by atoms with Crippen LogP contribution in [0.25, 0.3) is 11.0 Å². The number of nitrogens with zero attached hydrogens (tertiary/aromatic N) is 2. The van der Waals surface area contributed by atoms with Crippen LogP contribution in [0.5, 0.6) is 0 Å². The van der Waals surface area contributed by atoms with E-state index in [9.17, 15) is 9.59 Å². The summed E-state index contributed by atoms with van der Waals surface area (Å²) in [5.41, 5.74) is 2.30. The zero-order chi connectivity index (χ0) is 16.1. The number of carbonyl (C=O) groups is 2. The van der Waals surface area contributed by atoms with E-state index in [2.05, 4.69) is 10.3 Å². The fourth-order valence-electron chi connectivity index (χ4n) is 2.49. The molecule has 1 aromatic carbocycles. The maximum atomic E-state index is 12.3. The van der Waals surface area contributed by atoms with Gasteiger partial charge < -0.3 is 10.1 Å². The number of hydrogen-bond acceptors (Lipinski definition) is 5. The van der Waals surface area contributed by atoms with Crippen molar-refractivity contribution in [2.24, 2.45) is 0 Å². The second-order valence-electron chi connectivity index (χ2n) is 6.09. The van der Waals surface area contributed by atoms with Crippen molar-refractivity contribution in [3.8, 4) is 0 Å². The van der Waals surface area contributed by atoms with Crippen LogP contribution < -0.4 is 5.32 Å². The van der Waals surface area contributed by atoms with Gasteiger partial charge >= 0.3 is 6.09 Å². The molecule has 2 heterocycles. The molecule has 22 heavy (non-hydrogen) atoms. The van der Waals surface area contributed by atoms with Crippen LogP contribution in [0.1, 0.15) is 31.6 Å². The maximum absolute atomic E-state index is 12.3. The number of anilines is 1. The molecule has 0 bridgehead atoms. The van der Waals surface area contributed by atoms with Crippen molar-refractivity contribution < 1.29 is 14.3 Å². The second kappa shape index (κ2) is 5.01. The van der Waals surface area contributed by atoms with Crippen LogP contribution in [0.4, 0.5) is 10.5 Å². The van der Waals surface area contributed by atoms with Gasteiger partial charge in [0.05, 0.1) is 11.0 Å². The minimum atomic E-state index is -0.580. The normalized spacial score (nSPS) is 17.5. The Bertz CT molecular complexity index is 776. The Balaban J connectivity index is 2.10. The fourth-order valence-corrected chi connectivity index (χ4v) is 3.24. The van der Waals surface area contributed by atoms with Crippen LogP contribution in [0.3, 0.4) is 0 Å². The topological polar surface area (TPSA) is 73.2 Å². The fraction of sp³-hybridized carbons (Fsp3) is 0.400. The van der Waals surface area contributed by atoms with Crippen molar-refractivity contribution in [1.29, 1.82) is 0 Å². The highest BCUT2D eigenvalue weighted by molar-refractivity contribution is 7.99. The first-order valence-electron chi connectivity index (χ1n) is 6.89. The van der Waals surface area contributed by atoms with Crippen LogP contribution in [0.15, 0.2) is 18.5 Å². The molecule has 116 valence electrons. The van der Waals surface area contributed by atoms with E-state index in [0.29, 0.717) is 11.0 Å². The van der Waals surface area contributed by atoms with Gasteiger partial charge in [-0.05, 0) is 39.2 Å². The molecule has 0 radical (unpaired) electrons. The Kier molecular flexibility index (Phi) is 3.40. The van der Waals surface area contributed by atoms with Crippen molar-refractivity contribution >= 4 is 40.5 Å². The van der Waals surface area contributed by atoms with Crippen LogP contribution in [-0.2, 0) is 9.53 Å². The molecule has 0 saturated heterocycles. The molecule has 2 aromatic rings. The lowest BCUT2D eigenvalue weighted by atomic mass is 10.1. The monoisotopic (exact) mass is 319 g/mol. The molecule has 7 heteroatoms. The molecule has 0 aliphatic carbocycles. The third-order valence-corrected chi connectivity index (χ3v) is 4.26. The molecule has 0 saturated carbocycles.